The summed E-state index contributed by atoms with van der Waals surface area (Å²) in [6.45, 7) is 4.54. The molecule has 0 saturated heterocycles. The molecule has 1 atom stereocenters. The summed E-state index contributed by atoms with van der Waals surface area (Å²) in [5.74, 6) is 0.354. The molecule has 1 aromatic rings. The SMILES string of the molecule is CC(/C=C(\N)CN(C)CCc1ccccc1)CN. The second kappa shape index (κ2) is 7.90. The largest absolute Gasteiger partial charge is 0.401 e. The van der Waals surface area contributed by atoms with E-state index in [0.717, 1.165) is 25.2 Å². The van der Waals surface area contributed by atoms with Crippen LogP contribution < -0.4 is 11.5 Å². The third-order valence-corrected chi connectivity index (χ3v) is 2.95. The van der Waals surface area contributed by atoms with Crippen molar-refractivity contribution in [2.24, 2.45) is 17.4 Å². The first-order valence-corrected chi connectivity index (χ1v) is 6.50. The molecule has 3 nitrogen and oxygen atoms in total. The van der Waals surface area contributed by atoms with Crippen LogP contribution in [0.5, 0.6) is 0 Å². The lowest BCUT2D eigenvalue weighted by atomic mass is 10.1. The fraction of sp³-hybridized carbons (Fsp3) is 0.467. The molecule has 0 heterocycles. The van der Waals surface area contributed by atoms with Crippen molar-refractivity contribution in [1.82, 2.24) is 4.90 Å². The van der Waals surface area contributed by atoms with E-state index in [1.807, 2.05) is 6.07 Å². The minimum Gasteiger partial charge on any atom is -0.401 e. The van der Waals surface area contributed by atoms with Crippen molar-refractivity contribution >= 4 is 0 Å². The molecule has 0 aliphatic rings. The second-order valence-corrected chi connectivity index (χ2v) is 4.93. The predicted molar refractivity (Wildman–Crippen MR) is 78.1 cm³/mol. The highest BCUT2D eigenvalue weighted by Gasteiger charge is 2.02. The van der Waals surface area contributed by atoms with E-state index < -0.39 is 0 Å². The summed E-state index contributed by atoms with van der Waals surface area (Å²) in [4.78, 5) is 2.24. The molecule has 3 heteroatoms. The molecule has 0 radical (unpaired) electrons. The maximum atomic E-state index is 5.98. The minimum atomic E-state index is 0.354. The van der Waals surface area contributed by atoms with Crippen LogP contribution in [0.1, 0.15) is 12.5 Å². The summed E-state index contributed by atoms with van der Waals surface area (Å²) in [6, 6.07) is 10.5. The number of rotatable bonds is 7. The predicted octanol–water partition coefficient (Wildman–Crippen LogP) is 1.60. The lowest BCUT2D eigenvalue weighted by Crippen LogP contribution is -2.27. The number of nitrogens with two attached hydrogens (primary N) is 2. The Labute approximate surface area is 110 Å². The molecule has 1 aromatic carbocycles. The monoisotopic (exact) mass is 247 g/mol. The van der Waals surface area contributed by atoms with Crippen LogP contribution in [0.3, 0.4) is 0 Å². The van der Waals surface area contributed by atoms with E-state index >= 15 is 0 Å². The van der Waals surface area contributed by atoms with E-state index in [-0.39, 0.29) is 0 Å². The average molecular weight is 247 g/mol. The van der Waals surface area contributed by atoms with E-state index in [1.54, 1.807) is 0 Å². The quantitative estimate of drug-likeness (QED) is 0.769. The first-order valence-electron chi connectivity index (χ1n) is 6.50. The van der Waals surface area contributed by atoms with Gasteiger partial charge in [0.25, 0.3) is 0 Å². The van der Waals surface area contributed by atoms with Gasteiger partial charge in [0.1, 0.15) is 0 Å². The van der Waals surface area contributed by atoms with Gasteiger partial charge >= 0.3 is 0 Å². The Hall–Kier alpha value is -1.32. The smallest absolute Gasteiger partial charge is 0.0373 e. The average Bonchev–Trinajstić information content (AvgIpc) is 2.37. The third kappa shape index (κ3) is 5.84. The van der Waals surface area contributed by atoms with Gasteiger partial charge in [-0.3, -0.25) is 0 Å². The van der Waals surface area contributed by atoms with Crippen molar-refractivity contribution in [3.8, 4) is 0 Å². The molecule has 4 N–H and O–H groups in total. The Morgan fingerprint density at radius 1 is 1.33 bits per heavy atom. The molecule has 0 aliphatic heterocycles. The Kier molecular flexibility index (Phi) is 6.47. The van der Waals surface area contributed by atoms with Crippen molar-refractivity contribution in [2.45, 2.75) is 13.3 Å². The van der Waals surface area contributed by atoms with Crippen LogP contribution in [-0.4, -0.2) is 31.6 Å². The Balaban J connectivity index is 2.33. The van der Waals surface area contributed by atoms with E-state index in [0.29, 0.717) is 12.5 Å². The number of benzene rings is 1. The van der Waals surface area contributed by atoms with Gasteiger partial charge in [-0.05, 0) is 31.5 Å². The number of likely N-dealkylation sites (N-methyl/N-ethyl adjacent to an activating group) is 1. The highest BCUT2D eigenvalue weighted by Crippen LogP contribution is 2.02. The van der Waals surface area contributed by atoms with Gasteiger partial charge in [-0.1, -0.05) is 43.3 Å². The zero-order valence-electron chi connectivity index (χ0n) is 11.5. The summed E-state index contributed by atoms with van der Waals surface area (Å²) in [5, 5.41) is 0. The van der Waals surface area contributed by atoms with Crippen molar-refractivity contribution in [3.63, 3.8) is 0 Å². The zero-order valence-corrected chi connectivity index (χ0v) is 11.5. The van der Waals surface area contributed by atoms with Crippen LogP contribution in [0, 0.1) is 5.92 Å². The molecule has 1 unspecified atom stereocenters. The van der Waals surface area contributed by atoms with Crippen LogP contribution in [0.25, 0.3) is 0 Å². The van der Waals surface area contributed by atoms with Crippen molar-refractivity contribution in [2.75, 3.05) is 26.7 Å². The van der Waals surface area contributed by atoms with Gasteiger partial charge in [-0.2, -0.15) is 0 Å². The van der Waals surface area contributed by atoms with Crippen LogP contribution in [-0.2, 0) is 6.42 Å². The fourth-order valence-electron chi connectivity index (χ4n) is 1.84. The van der Waals surface area contributed by atoms with Gasteiger partial charge in [-0.25, -0.2) is 0 Å². The molecule has 0 fully saturated rings. The topological polar surface area (TPSA) is 55.3 Å². The number of nitrogens with zero attached hydrogens (tertiary/aromatic N) is 1. The molecule has 0 aliphatic carbocycles. The van der Waals surface area contributed by atoms with E-state index in [4.69, 9.17) is 11.5 Å². The van der Waals surface area contributed by atoms with Crippen LogP contribution in [0.15, 0.2) is 42.1 Å². The van der Waals surface area contributed by atoms with Gasteiger partial charge in [0.15, 0.2) is 0 Å². The zero-order chi connectivity index (χ0) is 13.4. The highest BCUT2D eigenvalue weighted by atomic mass is 15.1. The molecule has 0 saturated carbocycles. The molecular formula is C15H25N3. The fourth-order valence-corrected chi connectivity index (χ4v) is 1.84. The molecule has 0 bridgehead atoms. The second-order valence-electron chi connectivity index (χ2n) is 4.93. The summed E-state index contributed by atoms with van der Waals surface area (Å²) >= 11 is 0. The van der Waals surface area contributed by atoms with Crippen molar-refractivity contribution in [1.29, 1.82) is 0 Å². The third-order valence-electron chi connectivity index (χ3n) is 2.95. The molecule has 0 aromatic heterocycles. The Morgan fingerprint density at radius 3 is 2.61 bits per heavy atom. The van der Waals surface area contributed by atoms with Crippen LogP contribution >= 0.6 is 0 Å². The normalized spacial score (nSPS) is 13.9. The molecule has 1 rings (SSSR count). The first kappa shape index (κ1) is 14.7. The summed E-state index contributed by atoms with van der Waals surface area (Å²) < 4.78 is 0. The van der Waals surface area contributed by atoms with E-state index in [1.165, 1.54) is 5.56 Å². The summed E-state index contributed by atoms with van der Waals surface area (Å²) in [5.41, 5.74) is 13.8. The molecule has 0 spiro atoms. The molecule has 0 amide bonds. The van der Waals surface area contributed by atoms with E-state index in [9.17, 15) is 0 Å². The van der Waals surface area contributed by atoms with Crippen molar-refractivity contribution < 1.29 is 0 Å². The van der Waals surface area contributed by atoms with Gasteiger partial charge in [0.05, 0.1) is 0 Å². The van der Waals surface area contributed by atoms with Crippen LogP contribution in [0.2, 0.25) is 0 Å². The van der Waals surface area contributed by atoms with E-state index in [2.05, 4.69) is 49.2 Å². The lowest BCUT2D eigenvalue weighted by molar-refractivity contribution is 0.364. The molecule has 18 heavy (non-hydrogen) atoms. The minimum absolute atomic E-state index is 0.354. The summed E-state index contributed by atoms with van der Waals surface area (Å²) in [6.07, 6.45) is 3.11. The standard InChI is InChI=1S/C15H25N3/c1-13(11-16)10-15(17)12-18(2)9-8-14-6-4-3-5-7-14/h3-7,10,13H,8-9,11-12,16-17H2,1-2H3/b15-10-. The Morgan fingerprint density at radius 2 is 2.00 bits per heavy atom. The molecule has 100 valence electrons. The maximum absolute atomic E-state index is 5.98. The van der Waals surface area contributed by atoms with Gasteiger partial charge < -0.3 is 16.4 Å². The highest BCUT2D eigenvalue weighted by molar-refractivity contribution is 5.15. The lowest BCUT2D eigenvalue weighted by Gasteiger charge is -2.17. The Bertz CT molecular complexity index is 359. The number of hydrogen-bond acceptors (Lipinski definition) is 3. The maximum Gasteiger partial charge on any atom is 0.0373 e. The first-order chi connectivity index (χ1) is 8.61. The van der Waals surface area contributed by atoms with Gasteiger partial charge in [0.2, 0.25) is 0 Å². The van der Waals surface area contributed by atoms with Crippen LogP contribution in [0.4, 0.5) is 0 Å². The summed E-state index contributed by atoms with van der Waals surface area (Å²) in [7, 11) is 2.09. The van der Waals surface area contributed by atoms with Crippen molar-refractivity contribution in [3.05, 3.63) is 47.7 Å². The number of hydrogen-bond donors (Lipinski definition) is 2. The molecular weight excluding hydrogens is 222 g/mol. The van der Waals surface area contributed by atoms with Gasteiger partial charge in [-0.15, -0.1) is 0 Å². The van der Waals surface area contributed by atoms with Gasteiger partial charge in [0, 0.05) is 18.8 Å².